The molecular formula is C18H19ClN2O2. The molecule has 1 aliphatic heterocycles. The van der Waals surface area contributed by atoms with Crippen molar-refractivity contribution in [2.45, 2.75) is 12.8 Å². The maximum absolute atomic E-state index is 12.4. The molecule has 0 saturated heterocycles. The predicted octanol–water partition coefficient (Wildman–Crippen LogP) is 3.74. The molecule has 0 unspecified atom stereocenters. The number of rotatable bonds is 4. The number of anilines is 2. The van der Waals surface area contributed by atoms with E-state index in [2.05, 4.69) is 22.3 Å². The van der Waals surface area contributed by atoms with Crippen molar-refractivity contribution in [3.63, 3.8) is 0 Å². The van der Waals surface area contributed by atoms with Crippen LogP contribution in [0.4, 0.5) is 11.4 Å². The number of hydrogen-bond donors (Lipinski definition) is 1. The Morgan fingerprint density at radius 2 is 2.13 bits per heavy atom. The number of carbonyl (C=O) groups is 1. The highest BCUT2D eigenvalue weighted by Crippen LogP contribution is 2.29. The topological polar surface area (TPSA) is 41.6 Å². The largest absolute Gasteiger partial charge is 0.495 e. The van der Waals surface area contributed by atoms with Gasteiger partial charge in [-0.1, -0.05) is 29.8 Å². The van der Waals surface area contributed by atoms with Crippen molar-refractivity contribution >= 4 is 28.9 Å². The number of nitrogens with one attached hydrogen (secondary N) is 1. The van der Waals surface area contributed by atoms with Gasteiger partial charge in [0.2, 0.25) is 5.91 Å². The number of amides is 1. The van der Waals surface area contributed by atoms with Crippen LogP contribution in [0, 0.1) is 0 Å². The minimum atomic E-state index is -0.0812. The van der Waals surface area contributed by atoms with Gasteiger partial charge in [0, 0.05) is 17.3 Å². The summed E-state index contributed by atoms with van der Waals surface area (Å²) in [5.41, 5.74) is 3.04. The standard InChI is InChI=1S/C18H19ClN2O2/c1-23-17-9-8-14(19)11-15(17)20-18(22)12-21-10-4-6-13-5-2-3-7-16(13)21/h2-3,5,7-9,11H,4,6,10,12H2,1H3,(H,20,22). The fourth-order valence-corrected chi connectivity index (χ4v) is 3.09. The Morgan fingerprint density at radius 3 is 2.96 bits per heavy atom. The third-order valence-electron chi connectivity index (χ3n) is 3.98. The van der Waals surface area contributed by atoms with Crippen LogP contribution in [0.25, 0.3) is 0 Å². The molecule has 1 amide bonds. The Hall–Kier alpha value is -2.20. The Kier molecular flexibility index (Phi) is 4.72. The maximum Gasteiger partial charge on any atom is 0.243 e. The normalized spacial score (nSPS) is 13.4. The number of nitrogens with zero attached hydrogens (tertiary/aromatic N) is 1. The van der Waals surface area contributed by atoms with Gasteiger partial charge in [0.15, 0.2) is 0 Å². The molecule has 1 heterocycles. The zero-order chi connectivity index (χ0) is 16.2. The first-order valence-electron chi connectivity index (χ1n) is 7.63. The van der Waals surface area contributed by atoms with Gasteiger partial charge in [-0.2, -0.15) is 0 Å². The Balaban J connectivity index is 1.73. The monoisotopic (exact) mass is 330 g/mol. The summed E-state index contributed by atoms with van der Waals surface area (Å²) in [5, 5.41) is 3.45. The van der Waals surface area contributed by atoms with E-state index >= 15 is 0 Å². The molecule has 23 heavy (non-hydrogen) atoms. The number of carbonyl (C=O) groups excluding carboxylic acids is 1. The van der Waals surface area contributed by atoms with E-state index in [0.29, 0.717) is 23.0 Å². The number of aryl methyl sites for hydroxylation is 1. The van der Waals surface area contributed by atoms with Crippen molar-refractivity contribution in [1.82, 2.24) is 0 Å². The van der Waals surface area contributed by atoms with Crippen LogP contribution >= 0.6 is 11.6 Å². The van der Waals surface area contributed by atoms with E-state index in [0.717, 1.165) is 25.1 Å². The van der Waals surface area contributed by atoms with Crippen molar-refractivity contribution in [2.24, 2.45) is 0 Å². The van der Waals surface area contributed by atoms with Crippen LogP contribution in [0.1, 0.15) is 12.0 Å². The van der Waals surface area contributed by atoms with Gasteiger partial charge in [-0.25, -0.2) is 0 Å². The first-order valence-corrected chi connectivity index (χ1v) is 8.01. The number of methoxy groups -OCH3 is 1. The van der Waals surface area contributed by atoms with E-state index in [1.54, 1.807) is 25.3 Å². The van der Waals surface area contributed by atoms with Crippen molar-refractivity contribution in [3.05, 3.63) is 53.1 Å². The van der Waals surface area contributed by atoms with E-state index in [9.17, 15) is 4.79 Å². The Bertz CT molecular complexity index is 718. The van der Waals surface area contributed by atoms with E-state index in [4.69, 9.17) is 16.3 Å². The van der Waals surface area contributed by atoms with Crippen LogP contribution in [0.15, 0.2) is 42.5 Å². The average Bonchev–Trinajstić information content (AvgIpc) is 2.55. The number of halogens is 1. The quantitative estimate of drug-likeness (QED) is 0.928. The van der Waals surface area contributed by atoms with Crippen LogP contribution < -0.4 is 15.0 Å². The molecule has 0 atom stereocenters. The van der Waals surface area contributed by atoms with Gasteiger partial charge in [0.05, 0.1) is 19.3 Å². The van der Waals surface area contributed by atoms with Crippen LogP contribution in [0.5, 0.6) is 5.75 Å². The second-order valence-electron chi connectivity index (χ2n) is 5.55. The van der Waals surface area contributed by atoms with Gasteiger partial charge in [0.1, 0.15) is 5.75 Å². The highest BCUT2D eigenvalue weighted by Gasteiger charge is 2.19. The molecule has 5 heteroatoms. The predicted molar refractivity (Wildman–Crippen MR) is 93.6 cm³/mol. The molecule has 1 aliphatic rings. The van der Waals surface area contributed by atoms with E-state index in [1.165, 1.54) is 5.56 Å². The zero-order valence-corrected chi connectivity index (χ0v) is 13.8. The molecule has 2 aromatic rings. The fourth-order valence-electron chi connectivity index (χ4n) is 2.92. The van der Waals surface area contributed by atoms with Crippen molar-refractivity contribution in [1.29, 1.82) is 0 Å². The highest BCUT2D eigenvalue weighted by molar-refractivity contribution is 6.31. The highest BCUT2D eigenvalue weighted by atomic mass is 35.5. The number of para-hydroxylation sites is 1. The van der Waals surface area contributed by atoms with Crippen LogP contribution in [-0.2, 0) is 11.2 Å². The van der Waals surface area contributed by atoms with E-state index < -0.39 is 0 Å². The summed E-state index contributed by atoms with van der Waals surface area (Å²) in [6.45, 7) is 1.20. The van der Waals surface area contributed by atoms with Crippen molar-refractivity contribution < 1.29 is 9.53 Å². The van der Waals surface area contributed by atoms with Gasteiger partial charge in [-0.15, -0.1) is 0 Å². The summed E-state index contributed by atoms with van der Waals surface area (Å²) >= 11 is 6.00. The maximum atomic E-state index is 12.4. The Morgan fingerprint density at radius 1 is 1.30 bits per heavy atom. The number of ether oxygens (including phenoxy) is 1. The van der Waals surface area contributed by atoms with Crippen LogP contribution in [0.3, 0.4) is 0 Å². The number of hydrogen-bond acceptors (Lipinski definition) is 3. The minimum absolute atomic E-state index is 0.0812. The average molecular weight is 331 g/mol. The third-order valence-corrected chi connectivity index (χ3v) is 4.21. The molecule has 2 aromatic carbocycles. The second kappa shape index (κ2) is 6.92. The van der Waals surface area contributed by atoms with Gasteiger partial charge in [0.25, 0.3) is 0 Å². The molecule has 0 radical (unpaired) electrons. The summed E-state index contributed by atoms with van der Waals surface area (Å²) in [4.78, 5) is 14.5. The van der Waals surface area contributed by atoms with Crippen LogP contribution in [-0.4, -0.2) is 26.1 Å². The zero-order valence-electron chi connectivity index (χ0n) is 13.0. The summed E-state index contributed by atoms with van der Waals surface area (Å²) in [7, 11) is 1.57. The molecule has 3 rings (SSSR count). The lowest BCUT2D eigenvalue weighted by molar-refractivity contribution is -0.115. The molecule has 0 spiro atoms. The first-order chi connectivity index (χ1) is 11.2. The minimum Gasteiger partial charge on any atom is -0.495 e. The van der Waals surface area contributed by atoms with Gasteiger partial charge < -0.3 is 15.0 Å². The van der Waals surface area contributed by atoms with Gasteiger partial charge in [-0.3, -0.25) is 4.79 Å². The summed E-state index contributed by atoms with van der Waals surface area (Å²) in [5.74, 6) is 0.518. The smallest absolute Gasteiger partial charge is 0.243 e. The second-order valence-corrected chi connectivity index (χ2v) is 5.98. The summed E-state index contributed by atoms with van der Waals surface area (Å²) in [6, 6.07) is 13.4. The number of fused-ring (bicyclic) bond motifs is 1. The molecule has 0 saturated carbocycles. The summed E-state index contributed by atoms with van der Waals surface area (Å²) < 4.78 is 5.26. The Labute approximate surface area is 141 Å². The van der Waals surface area contributed by atoms with Gasteiger partial charge in [-0.05, 0) is 42.7 Å². The SMILES string of the molecule is COc1ccc(Cl)cc1NC(=O)CN1CCCc2ccccc21. The molecule has 4 nitrogen and oxygen atoms in total. The molecule has 1 N–H and O–H groups in total. The molecule has 120 valence electrons. The lowest BCUT2D eigenvalue weighted by atomic mass is 10.0. The van der Waals surface area contributed by atoms with E-state index in [1.807, 2.05) is 12.1 Å². The van der Waals surface area contributed by atoms with E-state index in [-0.39, 0.29) is 5.91 Å². The molecule has 0 aromatic heterocycles. The third kappa shape index (κ3) is 3.59. The fraction of sp³-hybridized carbons (Fsp3) is 0.278. The first kappa shape index (κ1) is 15.7. The number of benzene rings is 2. The van der Waals surface area contributed by atoms with Crippen LogP contribution in [0.2, 0.25) is 5.02 Å². The molecule has 0 bridgehead atoms. The summed E-state index contributed by atoms with van der Waals surface area (Å²) in [6.07, 6.45) is 2.13. The lowest BCUT2D eigenvalue weighted by Crippen LogP contribution is -2.36. The molecule has 0 fully saturated rings. The van der Waals surface area contributed by atoms with Crippen molar-refractivity contribution in [3.8, 4) is 5.75 Å². The lowest BCUT2D eigenvalue weighted by Gasteiger charge is -2.30. The molecule has 0 aliphatic carbocycles. The van der Waals surface area contributed by atoms with Crippen molar-refractivity contribution in [2.75, 3.05) is 30.4 Å². The van der Waals surface area contributed by atoms with Gasteiger partial charge >= 0.3 is 0 Å². The molecular weight excluding hydrogens is 312 g/mol.